The Morgan fingerprint density at radius 2 is 0.731 bits per heavy atom. The van der Waals surface area contributed by atoms with Crippen LogP contribution in [-0.4, -0.2) is 82.3 Å². The Balaban J connectivity index is 4.17. The lowest BCUT2D eigenvalue weighted by Crippen LogP contribution is -2.44. The predicted octanol–water partition coefficient (Wildman–Crippen LogP) is 17.1. The highest BCUT2D eigenvalue weighted by molar-refractivity contribution is 5.70. The van der Waals surface area contributed by atoms with Crippen LogP contribution in [0.5, 0.6) is 0 Å². The van der Waals surface area contributed by atoms with Crippen molar-refractivity contribution in [2.24, 2.45) is 0 Å². The largest absolute Gasteiger partial charge is 0.545 e. The molecule has 0 aliphatic carbocycles. The van der Waals surface area contributed by atoms with Crippen LogP contribution in [0.4, 0.5) is 0 Å². The molecule has 0 bridgehead atoms. The first-order valence-electron chi connectivity index (χ1n) is 30.5. The van der Waals surface area contributed by atoms with Crippen LogP contribution < -0.4 is 5.11 Å². The molecular weight excluding hydrogens is 971 g/mol. The van der Waals surface area contributed by atoms with E-state index >= 15 is 0 Å². The molecule has 0 aromatic carbocycles. The van der Waals surface area contributed by atoms with Crippen LogP contribution in [0.1, 0.15) is 213 Å². The maximum absolute atomic E-state index is 12.8. The lowest BCUT2D eigenvalue weighted by atomic mass is 10.1. The monoisotopic (exact) mass is 1080 g/mol. The highest BCUT2D eigenvalue weighted by Crippen LogP contribution is 2.14. The molecule has 2 unspecified atom stereocenters. The van der Waals surface area contributed by atoms with E-state index in [1.165, 1.54) is 38.5 Å². The summed E-state index contributed by atoms with van der Waals surface area (Å²) in [6.07, 6.45) is 82.0. The second kappa shape index (κ2) is 58.3. The fourth-order valence-electron chi connectivity index (χ4n) is 7.65. The average molecular weight is 1080 g/mol. The second-order valence-electron chi connectivity index (χ2n) is 20.9. The summed E-state index contributed by atoms with van der Waals surface area (Å²) in [7, 11) is 5.90. The van der Waals surface area contributed by atoms with Gasteiger partial charge in [0.1, 0.15) is 13.2 Å². The van der Waals surface area contributed by atoms with Gasteiger partial charge in [0.05, 0.1) is 40.3 Å². The van der Waals surface area contributed by atoms with Crippen molar-refractivity contribution in [3.63, 3.8) is 0 Å². The zero-order valence-corrected chi connectivity index (χ0v) is 50.0. The number of rotatable bonds is 54. The summed E-state index contributed by atoms with van der Waals surface area (Å²) in [5.74, 6) is -2.33. The first-order valence-corrected chi connectivity index (χ1v) is 30.5. The molecule has 9 heteroatoms. The summed E-state index contributed by atoms with van der Waals surface area (Å²) < 4.78 is 22.6. The number of quaternary nitrogens is 1. The van der Waals surface area contributed by atoms with Crippen LogP contribution in [0.15, 0.2) is 146 Å². The van der Waals surface area contributed by atoms with Crippen molar-refractivity contribution in [2.45, 2.75) is 225 Å². The normalized spacial score (nSPS) is 13.8. The van der Waals surface area contributed by atoms with E-state index in [9.17, 15) is 19.5 Å². The molecule has 0 rings (SSSR count). The lowest BCUT2D eigenvalue weighted by Gasteiger charge is -2.26. The highest BCUT2D eigenvalue weighted by atomic mass is 16.7. The Bertz CT molecular complexity index is 1780. The topological polar surface area (TPSA) is 111 Å². The summed E-state index contributed by atoms with van der Waals surface area (Å²) in [5.41, 5.74) is 0. The van der Waals surface area contributed by atoms with Gasteiger partial charge in [0.15, 0.2) is 12.4 Å². The molecule has 0 spiro atoms. The van der Waals surface area contributed by atoms with E-state index in [1.807, 2.05) is 21.1 Å². The summed E-state index contributed by atoms with van der Waals surface area (Å²) in [6, 6.07) is 0. The Hall–Kier alpha value is -4.83. The molecule has 0 saturated heterocycles. The number of hydrogen-bond acceptors (Lipinski definition) is 8. The number of unbranched alkanes of at least 4 members (excludes halogenated alkanes) is 15. The third-order valence-corrected chi connectivity index (χ3v) is 12.3. The number of nitrogens with zero attached hydrogens (tertiary/aromatic N) is 1. The van der Waals surface area contributed by atoms with Crippen molar-refractivity contribution < 1.29 is 42.9 Å². The fourth-order valence-corrected chi connectivity index (χ4v) is 7.65. The minimum absolute atomic E-state index is 0.137. The molecule has 0 saturated carbocycles. The number of esters is 2. The summed E-state index contributed by atoms with van der Waals surface area (Å²) >= 11 is 0. The van der Waals surface area contributed by atoms with Gasteiger partial charge in [-0.05, 0) is 122 Å². The van der Waals surface area contributed by atoms with Gasteiger partial charge >= 0.3 is 11.9 Å². The summed E-state index contributed by atoms with van der Waals surface area (Å²) in [5, 5.41) is 11.8. The number of allylic oxidation sites excluding steroid dienone is 24. The molecule has 9 nitrogen and oxygen atoms in total. The van der Waals surface area contributed by atoms with Crippen LogP contribution >= 0.6 is 0 Å². The molecule has 0 aliphatic rings. The van der Waals surface area contributed by atoms with Crippen molar-refractivity contribution in [2.75, 3.05) is 47.5 Å². The molecule has 0 N–H and O–H groups in total. The predicted molar refractivity (Wildman–Crippen MR) is 329 cm³/mol. The maximum Gasteiger partial charge on any atom is 0.306 e. The first-order chi connectivity index (χ1) is 38.1. The third kappa shape index (κ3) is 58.8. The van der Waals surface area contributed by atoms with Crippen LogP contribution in [0.25, 0.3) is 0 Å². The minimum atomic E-state index is -1.63. The quantitative estimate of drug-likeness (QED) is 0.0195. The molecule has 440 valence electrons. The van der Waals surface area contributed by atoms with Gasteiger partial charge in [0.25, 0.3) is 0 Å². The molecule has 78 heavy (non-hydrogen) atoms. The minimum Gasteiger partial charge on any atom is -0.545 e. The van der Waals surface area contributed by atoms with Gasteiger partial charge in [-0.15, -0.1) is 0 Å². The van der Waals surface area contributed by atoms with E-state index in [-0.39, 0.29) is 38.6 Å². The van der Waals surface area contributed by atoms with Crippen molar-refractivity contribution in [1.29, 1.82) is 0 Å². The van der Waals surface area contributed by atoms with Gasteiger partial charge in [-0.25, -0.2) is 0 Å². The number of carbonyl (C=O) groups excluding carboxylic acids is 3. The van der Waals surface area contributed by atoms with E-state index in [1.54, 1.807) is 0 Å². The number of hydrogen-bond donors (Lipinski definition) is 0. The molecule has 0 radical (unpaired) electrons. The van der Waals surface area contributed by atoms with Crippen LogP contribution in [0.2, 0.25) is 0 Å². The number of aliphatic carboxylic acids is 1. The SMILES string of the molecule is CC/C=C\C/C=C\C/C=C\C/C=C\C/C=C\C/C=C\C/C=C\C/C=C\C/C=C\C/C=C\C/C=C\CCCCCCCCCC(=O)OC(COC(=O)CCCCCCC/C=C\CCCCC)COC(OCC[N+](C)(C)C)C(=O)[O-]. The number of ether oxygens (including phenoxy) is 4. The number of carbonyl (C=O) groups is 3. The van der Waals surface area contributed by atoms with Crippen LogP contribution in [-0.2, 0) is 33.3 Å². The molecule has 2 atom stereocenters. The summed E-state index contributed by atoms with van der Waals surface area (Å²) in [4.78, 5) is 37.2. The van der Waals surface area contributed by atoms with Crippen LogP contribution in [0, 0.1) is 0 Å². The van der Waals surface area contributed by atoms with Crippen molar-refractivity contribution in [1.82, 2.24) is 0 Å². The van der Waals surface area contributed by atoms with E-state index in [0.29, 0.717) is 17.4 Å². The molecule has 0 heterocycles. The lowest BCUT2D eigenvalue weighted by molar-refractivity contribution is -0.870. The number of likely N-dealkylation sites (N-methyl/N-ethyl adjacent to an activating group) is 1. The molecule has 0 fully saturated rings. The van der Waals surface area contributed by atoms with Gasteiger partial charge in [-0.1, -0.05) is 224 Å². The van der Waals surface area contributed by atoms with Gasteiger partial charge in [-0.3, -0.25) is 9.59 Å². The highest BCUT2D eigenvalue weighted by Gasteiger charge is 2.22. The standard InChI is InChI=1S/C69H111NO8/c1-6-8-10-12-14-16-18-20-21-22-23-24-25-26-27-28-29-30-31-32-33-34-35-36-37-38-39-40-41-42-43-44-45-46-47-48-50-52-54-56-58-60-67(72)78-65(64-77-69(68(73)74)75-62-61-70(3,4)5)63-76-66(71)59-57-55-53-51-49-19-17-15-13-11-9-7-2/h8,10,14-17,20-21,23-24,26-27,29-30,32-33,35-36,38-39,41-42,44-45,65,69H,6-7,9,11-13,18-19,22,25,28,31,34,37,40,43,46-64H2,1-5H3/b10-8-,16-14-,17-15-,21-20-,24-23-,27-26-,30-29-,33-32-,36-35-,39-38-,42-41-,45-44-. The van der Waals surface area contributed by atoms with Crippen molar-refractivity contribution >= 4 is 17.9 Å². The van der Waals surface area contributed by atoms with Gasteiger partial charge in [-0.2, -0.15) is 0 Å². The molecule has 0 amide bonds. The van der Waals surface area contributed by atoms with Gasteiger partial charge < -0.3 is 33.3 Å². The van der Waals surface area contributed by atoms with E-state index in [2.05, 4.69) is 160 Å². The average Bonchev–Trinajstić information content (AvgIpc) is 3.41. The molecule has 0 aromatic heterocycles. The fraction of sp³-hybridized carbons (Fsp3) is 0.609. The van der Waals surface area contributed by atoms with Crippen LogP contribution in [0.3, 0.4) is 0 Å². The third-order valence-electron chi connectivity index (χ3n) is 12.3. The zero-order chi connectivity index (χ0) is 56.9. The maximum atomic E-state index is 12.8. The van der Waals surface area contributed by atoms with E-state index in [4.69, 9.17) is 18.9 Å². The molecule has 0 aliphatic heterocycles. The molecular formula is C69H111NO8. The van der Waals surface area contributed by atoms with Gasteiger partial charge in [0, 0.05) is 12.8 Å². The smallest absolute Gasteiger partial charge is 0.306 e. The first kappa shape index (κ1) is 73.2. The Labute approximate surface area is 477 Å². The zero-order valence-electron chi connectivity index (χ0n) is 50.0. The Morgan fingerprint density at radius 1 is 0.397 bits per heavy atom. The van der Waals surface area contributed by atoms with E-state index in [0.717, 1.165) is 141 Å². The Kier molecular flexibility index (Phi) is 54.7. The number of carboxylic acids is 1. The Morgan fingerprint density at radius 3 is 1.10 bits per heavy atom. The van der Waals surface area contributed by atoms with Crippen molar-refractivity contribution in [3.8, 4) is 0 Å². The summed E-state index contributed by atoms with van der Waals surface area (Å²) in [6.45, 7) is 4.55. The molecule has 0 aromatic rings. The van der Waals surface area contributed by atoms with Gasteiger partial charge in [0.2, 0.25) is 0 Å². The second-order valence-corrected chi connectivity index (χ2v) is 20.9. The number of carboxylic acid groups (broad SMARTS) is 1. The van der Waals surface area contributed by atoms with E-state index < -0.39 is 24.3 Å². The van der Waals surface area contributed by atoms with Crippen molar-refractivity contribution in [3.05, 3.63) is 146 Å².